The third kappa shape index (κ3) is 5.33. The molecular formula is C28H36ClN5O3. The third-order valence-electron chi connectivity index (χ3n) is 8.20. The zero-order valence-corrected chi connectivity index (χ0v) is 22.4. The molecule has 2 saturated heterocycles. The lowest BCUT2D eigenvalue weighted by atomic mass is 9.92. The van der Waals surface area contributed by atoms with Crippen LogP contribution in [0.3, 0.4) is 0 Å². The fourth-order valence-electron chi connectivity index (χ4n) is 5.99. The molecule has 198 valence electrons. The average molecular weight is 526 g/mol. The van der Waals surface area contributed by atoms with Crippen molar-refractivity contribution < 1.29 is 9.53 Å². The molecule has 4 heterocycles. The molecular weight excluding hydrogens is 490 g/mol. The number of rotatable bonds is 7. The van der Waals surface area contributed by atoms with Gasteiger partial charge in [0.05, 0.1) is 24.2 Å². The molecule has 37 heavy (non-hydrogen) atoms. The van der Waals surface area contributed by atoms with Gasteiger partial charge in [0.1, 0.15) is 0 Å². The van der Waals surface area contributed by atoms with Gasteiger partial charge in [-0.15, -0.1) is 0 Å². The molecule has 1 amide bonds. The maximum atomic E-state index is 13.4. The summed E-state index contributed by atoms with van der Waals surface area (Å²) in [5.74, 6) is 0.356. The molecule has 9 heteroatoms. The second-order valence-electron chi connectivity index (χ2n) is 10.3. The first-order valence-electron chi connectivity index (χ1n) is 13.3. The van der Waals surface area contributed by atoms with Crippen LogP contribution in [-0.4, -0.2) is 69.7 Å². The summed E-state index contributed by atoms with van der Waals surface area (Å²) in [5, 5.41) is 0.609. The van der Waals surface area contributed by atoms with Crippen molar-refractivity contribution in [2.45, 2.75) is 51.2 Å². The summed E-state index contributed by atoms with van der Waals surface area (Å²) < 4.78 is 8.88. The van der Waals surface area contributed by atoms with Gasteiger partial charge in [0.25, 0.3) is 0 Å². The molecule has 1 aromatic carbocycles. The predicted molar refractivity (Wildman–Crippen MR) is 145 cm³/mol. The van der Waals surface area contributed by atoms with E-state index in [2.05, 4.69) is 28.9 Å². The van der Waals surface area contributed by atoms with E-state index < -0.39 is 0 Å². The number of benzene rings is 1. The molecule has 0 saturated carbocycles. The van der Waals surface area contributed by atoms with Gasteiger partial charge in [-0.1, -0.05) is 11.6 Å². The monoisotopic (exact) mass is 525 g/mol. The molecule has 8 nitrogen and oxygen atoms in total. The van der Waals surface area contributed by atoms with Crippen LogP contribution < -0.4 is 5.69 Å². The number of methoxy groups -OCH3 is 1. The maximum absolute atomic E-state index is 13.4. The molecule has 1 atom stereocenters. The summed E-state index contributed by atoms with van der Waals surface area (Å²) in [6.07, 6.45) is 7.01. The highest BCUT2D eigenvalue weighted by Crippen LogP contribution is 2.31. The van der Waals surface area contributed by atoms with Gasteiger partial charge in [-0.25, -0.2) is 4.79 Å². The highest BCUT2D eigenvalue weighted by molar-refractivity contribution is 6.31. The van der Waals surface area contributed by atoms with Crippen LogP contribution in [0.25, 0.3) is 11.0 Å². The number of likely N-dealkylation sites (tertiary alicyclic amines) is 2. The highest BCUT2D eigenvalue weighted by atomic mass is 35.5. The van der Waals surface area contributed by atoms with Crippen LogP contribution in [0, 0.1) is 5.92 Å². The maximum Gasteiger partial charge on any atom is 0.329 e. The first-order valence-corrected chi connectivity index (χ1v) is 13.7. The Labute approximate surface area is 222 Å². The number of fused-ring (bicyclic) bond motifs is 1. The Kier molecular flexibility index (Phi) is 7.98. The molecule has 2 aromatic heterocycles. The van der Waals surface area contributed by atoms with Gasteiger partial charge in [0.15, 0.2) is 0 Å². The van der Waals surface area contributed by atoms with E-state index in [0.717, 1.165) is 49.8 Å². The number of hydrogen-bond donors (Lipinski definition) is 0. The lowest BCUT2D eigenvalue weighted by Crippen LogP contribution is -2.46. The van der Waals surface area contributed by atoms with Crippen LogP contribution in [-0.2, 0) is 16.1 Å². The van der Waals surface area contributed by atoms with Crippen molar-refractivity contribution >= 4 is 28.5 Å². The second-order valence-corrected chi connectivity index (χ2v) is 10.7. The summed E-state index contributed by atoms with van der Waals surface area (Å²) >= 11 is 6.25. The summed E-state index contributed by atoms with van der Waals surface area (Å²) in [7, 11) is 1.63. The molecule has 1 unspecified atom stereocenters. The summed E-state index contributed by atoms with van der Waals surface area (Å²) in [6, 6.07) is 10.1. The van der Waals surface area contributed by atoms with E-state index in [1.165, 1.54) is 5.56 Å². The molecule has 0 radical (unpaired) electrons. The predicted octanol–water partition coefficient (Wildman–Crippen LogP) is 4.13. The summed E-state index contributed by atoms with van der Waals surface area (Å²) in [5.41, 5.74) is 2.96. The Morgan fingerprint density at radius 3 is 2.43 bits per heavy atom. The minimum absolute atomic E-state index is 0.0326. The second kappa shape index (κ2) is 11.4. The van der Waals surface area contributed by atoms with Crippen molar-refractivity contribution in [3.63, 3.8) is 0 Å². The highest BCUT2D eigenvalue weighted by Gasteiger charge is 2.33. The van der Waals surface area contributed by atoms with Crippen molar-refractivity contribution in [1.29, 1.82) is 0 Å². The van der Waals surface area contributed by atoms with Crippen LogP contribution in [0.5, 0.6) is 0 Å². The third-order valence-corrected chi connectivity index (χ3v) is 8.44. The van der Waals surface area contributed by atoms with E-state index in [0.29, 0.717) is 37.3 Å². The Morgan fingerprint density at radius 1 is 1.05 bits per heavy atom. The number of hydrogen-bond acceptors (Lipinski definition) is 5. The molecule has 5 rings (SSSR count). The van der Waals surface area contributed by atoms with E-state index in [-0.39, 0.29) is 23.6 Å². The van der Waals surface area contributed by atoms with Crippen molar-refractivity contribution in [1.82, 2.24) is 23.9 Å². The van der Waals surface area contributed by atoms with Crippen LogP contribution in [0.4, 0.5) is 0 Å². The zero-order valence-electron chi connectivity index (χ0n) is 21.7. The van der Waals surface area contributed by atoms with Crippen LogP contribution in [0.15, 0.2) is 47.5 Å². The summed E-state index contributed by atoms with van der Waals surface area (Å²) in [4.78, 5) is 35.4. The number of nitrogens with zero attached hydrogens (tertiary/aromatic N) is 5. The Morgan fingerprint density at radius 2 is 1.76 bits per heavy atom. The summed E-state index contributed by atoms with van der Waals surface area (Å²) in [6.45, 7) is 6.38. The van der Waals surface area contributed by atoms with Crippen molar-refractivity contribution in [2.75, 3.05) is 39.9 Å². The van der Waals surface area contributed by atoms with E-state index in [9.17, 15) is 9.59 Å². The number of pyridine rings is 1. The number of piperidine rings is 2. The fourth-order valence-corrected chi connectivity index (χ4v) is 6.16. The molecule has 0 aliphatic carbocycles. The van der Waals surface area contributed by atoms with Crippen LogP contribution >= 0.6 is 11.6 Å². The van der Waals surface area contributed by atoms with E-state index in [4.69, 9.17) is 16.3 Å². The Bertz CT molecular complexity index is 1270. The first kappa shape index (κ1) is 25.9. The minimum Gasteiger partial charge on any atom is -0.383 e. The van der Waals surface area contributed by atoms with Gasteiger partial charge in [-0.2, -0.15) is 0 Å². The quantitative estimate of drug-likeness (QED) is 0.463. The first-order chi connectivity index (χ1) is 18.0. The largest absolute Gasteiger partial charge is 0.383 e. The van der Waals surface area contributed by atoms with E-state index in [1.54, 1.807) is 11.7 Å². The zero-order chi connectivity index (χ0) is 25.9. The van der Waals surface area contributed by atoms with Gasteiger partial charge in [-0.3, -0.25) is 23.8 Å². The Balaban J connectivity index is 1.21. The lowest BCUT2D eigenvalue weighted by molar-refractivity contribution is -0.138. The normalized spacial score (nSPS) is 18.9. The molecule has 3 aromatic rings. The number of carbonyl (C=O) groups excluding carboxylic acids is 1. The van der Waals surface area contributed by atoms with E-state index in [1.807, 2.05) is 40.1 Å². The lowest BCUT2D eigenvalue weighted by Gasteiger charge is -2.39. The standard InChI is InChI=1S/C28H36ClN5O3/c1-20(21-5-11-30-12-6-21)31-13-7-22(8-14-31)27(35)32-15-9-24(10-16-32)34-25-4-3-23(29)19-26(25)33(28(34)36)17-18-37-2/h3-6,11-12,19-20,22,24H,7-10,13-18H2,1-2H3. The molecule has 2 aliphatic rings. The van der Waals surface area contributed by atoms with Gasteiger partial charge < -0.3 is 9.64 Å². The average Bonchev–Trinajstić information content (AvgIpc) is 3.21. The number of aromatic nitrogens is 3. The van der Waals surface area contributed by atoms with Gasteiger partial charge in [0, 0.05) is 55.6 Å². The van der Waals surface area contributed by atoms with Gasteiger partial charge in [-0.05, 0) is 81.6 Å². The number of halogens is 1. The molecule has 2 fully saturated rings. The number of imidazole rings is 1. The number of amides is 1. The SMILES string of the molecule is COCCn1c(=O)n(C2CCN(C(=O)C3CCN(C(C)c4ccncc4)CC3)CC2)c2ccc(Cl)cc21. The smallest absolute Gasteiger partial charge is 0.329 e. The van der Waals surface area contributed by atoms with Gasteiger partial charge >= 0.3 is 5.69 Å². The van der Waals surface area contributed by atoms with Crippen molar-refractivity contribution in [3.05, 3.63) is 63.8 Å². The minimum atomic E-state index is -0.0326. The molecule has 0 N–H and O–H groups in total. The number of carbonyl (C=O) groups is 1. The van der Waals surface area contributed by atoms with Crippen molar-refractivity contribution in [2.24, 2.45) is 5.92 Å². The van der Waals surface area contributed by atoms with Crippen LogP contribution in [0.2, 0.25) is 5.02 Å². The topological polar surface area (TPSA) is 72.6 Å². The fraction of sp³-hybridized carbons (Fsp3) is 0.536. The number of ether oxygens (including phenoxy) is 1. The van der Waals surface area contributed by atoms with Gasteiger partial charge in [0.2, 0.25) is 5.91 Å². The molecule has 0 spiro atoms. The van der Waals surface area contributed by atoms with Crippen molar-refractivity contribution in [3.8, 4) is 0 Å². The van der Waals surface area contributed by atoms with E-state index >= 15 is 0 Å². The molecule has 2 aliphatic heterocycles. The molecule has 0 bridgehead atoms. The van der Waals surface area contributed by atoms with Crippen LogP contribution in [0.1, 0.15) is 50.3 Å². The Hall–Kier alpha value is -2.68.